The van der Waals surface area contributed by atoms with Crippen molar-refractivity contribution in [1.82, 2.24) is 4.98 Å². The number of fused-ring (bicyclic) bond motifs is 2. The number of amides is 1. The van der Waals surface area contributed by atoms with Gasteiger partial charge in [0.25, 0.3) is 0 Å². The molecule has 2 aliphatic carbocycles. The predicted molar refractivity (Wildman–Crippen MR) is 70.7 cm³/mol. The van der Waals surface area contributed by atoms with Crippen LogP contribution in [0.1, 0.15) is 13.3 Å². The summed E-state index contributed by atoms with van der Waals surface area (Å²) >= 11 is 1.33. The van der Waals surface area contributed by atoms with Gasteiger partial charge in [0, 0.05) is 11.6 Å². The first-order valence-electron chi connectivity index (χ1n) is 6.15. The number of aliphatic carboxylic acids is 1. The second-order valence-corrected chi connectivity index (χ2v) is 6.18. The number of carbonyl (C=O) groups is 2. The van der Waals surface area contributed by atoms with Crippen LogP contribution in [-0.4, -0.2) is 22.0 Å². The minimum absolute atomic E-state index is 0.0195. The highest BCUT2D eigenvalue weighted by atomic mass is 32.1. The Balaban J connectivity index is 1.88. The van der Waals surface area contributed by atoms with Gasteiger partial charge in [-0.2, -0.15) is 0 Å². The van der Waals surface area contributed by atoms with E-state index in [0.717, 1.165) is 6.42 Å². The molecule has 1 aromatic rings. The van der Waals surface area contributed by atoms with Gasteiger partial charge in [0.1, 0.15) is 0 Å². The average molecular weight is 278 g/mol. The van der Waals surface area contributed by atoms with Gasteiger partial charge in [-0.1, -0.05) is 12.2 Å². The van der Waals surface area contributed by atoms with Crippen LogP contribution in [0, 0.1) is 23.2 Å². The second-order valence-electron chi connectivity index (χ2n) is 5.28. The molecule has 100 valence electrons. The van der Waals surface area contributed by atoms with E-state index in [9.17, 15) is 14.7 Å². The molecule has 1 amide bonds. The molecule has 0 spiro atoms. The van der Waals surface area contributed by atoms with Crippen LogP contribution in [0.3, 0.4) is 0 Å². The fraction of sp³-hybridized carbons (Fsp3) is 0.462. The molecule has 1 aromatic heterocycles. The topological polar surface area (TPSA) is 79.3 Å². The summed E-state index contributed by atoms with van der Waals surface area (Å²) < 4.78 is 0. The van der Waals surface area contributed by atoms with Crippen molar-refractivity contribution in [2.24, 2.45) is 23.2 Å². The van der Waals surface area contributed by atoms with Gasteiger partial charge in [0.2, 0.25) is 5.91 Å². The van der Waals surface area contributed by atoms with Crippen molar-refractivity contribution in [2.75, 3.05) is 5.32 Å². The fourth-order valence-corrected chi connectivity index (χ4v) is 3.85. The molecule has 0 aliphatic heterocycles. The molecule has 2 N–H and O–H groups in total. The highest BCUT2D eigenvalue weighted by Gasteiger charge is 2.60. The first-order chi connectivity index (χ1) is 9.03. The molecule has 0 radical (unpaired) electrons. The number of thiazole rings is 1. The summed E-state index contributed by atoms with van der Waals surface area (Å²) in [5.41, 5.74) is -1.01. The summed E-state index contributed by atoms with van der Waals surface area (Å²) in [7, 11) is 0. The molecular formula is C13H14N2O3S. The number of hydrogen-bond donors (Lipinski definition) is 2. The van der Waals surface area contributed by atoms with Crippen molar-refractivity contribution in [2.45, 2.75) is 13.3 Å². The van der Waals surface area contributed by atoms with E-state index >= 15 is 0 Å². The van der Waals surface area contributed by atoms with Crippen molar-refractivity contribution in [3.8, 4) is 0 Å². The standard InChI is InChI=1S/C13H14N2O3S/c1-13(11(17)18)8-3-2-7(6-8)9(13)10(16)15-12-14-4-5-19-12/h2-5,7-9H,6H2,1H3,(H,17,18)(H,14,15,16)/t7-,8-,9-,13-/m1/s1. The summed E-state index contributed by atoms with van der Waals surface area (Å²) in [6.07, 6.45) is 6.27. The zero-order valence-electron chi connectivity index (χ0n) is 10.4. The van der Waals surface area contributed by atoms with Crippen molar-refractivity contribution < 1.29 is 14.7 Å². The van der Waals surface area contributed by atoms with E-state index in [-0.39, 0.29) is 17.7 Å². The largest absolute Gasteiger partial charge is 0.481 e. The molecule has 4 atom stereocenters. The number of rotatable bonds is 3. The molecule has 1 heterocycles. The maximum atomic E-state index is 12.4. The number of allylic oxidation sites excluding steroid dienone is 2. The van der Waals surface area contributed by atoms with Crippen LogP contribution in [0.2, 0.25) is 0 Å². The van der Waals surface area contributed by atoms with E-state index in [1.165, 1.54) is 11.3 Å². The van der Waals surface area contributed by atoms with Crippen molar-refractivity contribution in [3.05, 3.63) is 23.7 Å². The third-order valence-corrected chi connectivity index (χ3v) is 5.06. The number of nitrogens with one attached hydrogen (secondary N) is 1. The Bertz CT molecular complexity index is 554. The quantitative estimate of drug-likeness (QED) is 0.829. The minimum Gasteiger partial charge on any atom is -0.481 e. The third kappa shape index (κ3) is 1.70. The predicted octanol–water partition coefficient (Wildman–Crippen LogP) is 1.99. The Kier molecular flexibility index (Phi) is 2.70. The fourth-order valence-electron chi connectivity index (χ4n) is 3.32. The summed E-state index contributed by atoms with van der Waals surface area (Å²) in [5, 5.41) is 14.5. The smallest absolute Gasteiger partial charge is 0.310 e. The Labute approximate surface area is 114 Å². The van der Waals surface area contributed by atoms with E-state index in [1.54, 1.807) is 18.5 Å². The van der Waals surface area contributed by atoms with E-state index in [1.807, 2.05) is 12.2 Å². The van der Waals surface area contributed by atoms with E-state index < -0.39 is 17.3 Å². The molecule has 2 bridgehead atoms. The number of carbonyl (C=O) groups excluding carboxylic acids is 1. The Morgan fingerprint density at radius 3 is 2.95 bits per heavy atom. The lowest BCUT2D eigenvalue weighted by molar-refractivity contribution is -0.155. The van der Waals surface area contributed by atoms with Gasteiger partial charge in [-0.25, -0.2) is 4.98 Å². The van der Waals surface area contributed by atoms with Crippen LogP contribution in [0.4, 0.5) is 5.13 Å². The van der Waals surface area contributed by atoms with Crippen LogP contribution in [-0.2, 0) is 9.59 Å². The van der Waals surface area contributed by atoms with Gasteiger partial charge in [-0.3, -0.25) is 9.59 Å². The summed E-state index contributed by atoms with van der Waals surface area (Å²) in [6, 6.07) is 0. The van der Waals surface area contributed by atoms with Gasteiger partial charge in [-0.05, 0) is 25.2 Å². The van der Waals surface area contributed by atoms with Gasteiger partial charge in [0.05, 0.1) is 11.3 Å². The molecule has 19 heavy (non-hydrogen) atoms. The minimum atomic E-state index is -1.01. The average Bonchev–Trinajstić information content (AvgIpc) is 3.03. The maximum Gasteiger partial charge on any atom is 0.310 e. The monoisotopic (exact) mass is 278 g/mol. The van der Waals surface area contributed by atoms with Gasteiger partial charge in [-0.15, -0.1) is 11.3 Å². The van der Waals surface area contributed by atoms with E-state index in [0.29, 0.717) is 5.13 Å². The molecule has 0 aromatic carbocycles. The molecule has 6 heteroatoms. The molecule has 0 saturated heterocycles. The number of carboxylic acids is 1. The van der Waals surface area contributed by atoms with E-state index in [2.05, 4.69) is 10.3 Å². The van der Waals surface area contributed by atoms with E-state index in [4.69, 9.17) is 0 Å². The summed E-state index contributed by atoms with van der Waals surface area (Å²) in [4.78, 5) is 28.0. The number of anilines is 1. The molecule has 0 unspecified atom stereocenters. The molecule has 5 nitrogen and oxygen atoms in total. The SMILES string of the molecule is C[C@@]1(C(=O)O)[C@@H]2C=C[C@H](C2)[C@@H]1C(=O)Nc1nccs1. The van der Waals surface area contributed by atoms with Crippen molar-refractivity contribution in [1.29, 1.82) is 0 Å². The lowest BCUT2D eigenvalue weighted by Crippen LogP contribution is -2.45. The number of nitrogens with zero attached hydrogens (tertiary/aromatic N) is 1. The summed E-state index contributed by atoms with van der Waals surface area (Å²) in [5.74, 6) is -1.70. The maximum absolute atomic E-state index is 12.4. The van der Waals surface area contributed by atoms with Crippen LogP contribution >= 0.6 is 11.3 Å². The molecular weight excluding hydrogens is 264 g/mol. The van der Waals surface area contributed by atoms with Crippen molar-refractivity contribution in [3.63, 3.8) is 0 Å². The lowest BCUT2D eigenvalue weighted by Gasteiger charge is -2.33. The second kappa shape index (κ2) is 4.16. The van der Waals surface area contributed by atoms with Gasteiger partial charge < -0.3 is 10.4 Å². The van der Waals surface area contributed by atoms with Gasteiger partial charge in [0.15, 0.2) is 5.13 Å². The normalized spacial score (nSPS) is 35.5. The van der Waals surface area contributed by atoms with Crippen LogP contribution < -0.4 is 5.32 Å². The third-order valence-electron chi connectivity index (χ3n) is 4.37. The Morgan fingerprint density at radius 2 is 2.32 bits per heavy atom. The number of aromatic nitrogens is 1. The molecule has 3 rings (SSSR count). The lowest BCUT2D eigenvalue weighted by atomic mass is 9.69. The highest BCUT2D eigenvalue weighted by molar-refractivity contribution is 7.13. The van der Waals surface area contributed by atoms with Crippen molar-refractivity contribution >= 4 is 28.3 Å². The Morgan fingerprint density at radius 1 is 1.53 bits per heavy atom. The number of hydrogen-bond acceptors (Lipinski definition) is 4. The Hall–Kier alpha value is -1.69. The number of carboxylic acid groups (broad SMARTS) is 1. The highest BCUT2D eigenvalue weighted by Crippen LogP contribution is 2.56. The van der Waals surface area contributed by atoms with Crippen LogP contribution in [0.5, 0.6) is 0 Å². The first kappa shape index (κ1) is 12.3. The summed E-state index contributed by atoms with van der Waals surface area (Å²) in [6.45, 7) is 1.68. The van der Waals surface area contributed by atoms with Gasteiger partial charge >= 0.3 is 5.97 Å². The van der Waals surface area contributed by atoms with Crippen LogP contribution in [0.25, 0.3) is 0 Å². The first-order valence-corrected chi connectivity index (χ1v) is 7.03. The molecule has 1 saturated carbocycles. The van der Waals surface area contributed by atoms with Crippen LogP contribution in [0.15, 0.2) is 23.7 Å². The zero-order chi connectivity index (χ0) is 13.6. The molecule has 1 fully saturated rings. The zero-order valence-corrected chi connectivity index (χ0v) is 11.2. The molecule has 2 aliphatic rings.